The van der Waals surface area contributed by atoms with E-state index in [1.807, 2.05) is 38.1 Å². The molecule has 0 aliphatic carbocycles. The Balaban J connectivity index is 1.83. The molecule has 0 atom stereocenters. The Labute approximate surface area is 156 Å². The van der Waals surface area contributed by atoms with E-state index in [1.54, 1.807) is 29.9 Å². The number of para-hydroxylation sites is 1. The number of amides is 1. The molecule has 3 aromatic rings. The molecule has 1 aromatic heterocycles. The van der Waals surface area contributed by atoms with Crippen molar-refractivity contribution in [3.63, 3.8) is 0 Å². The van der Waals surface area contributed by atoms with Crippen LogP contribution in [0.4, 0.5) is 5.69 Å². The lowest BCUT2D eigenvalue weighted by Crippen LogP contribution is -2.08. The van der Waals surface area contributed by atoms with E-state index in [0.29, 0.717) is 23.4 Å². The van der Waals surface area contributed by atoms with Crippen LogP contribution in [0.15, 0.2) is 52.7 Å². The van der Waals surface area contributed by atoms with Gasteiger partial charge >= 0.3 is 5.91 Å². The molecule has 0 spiro atoms. The number of carbonyl (C=O) groups excluding carboxylic acids is 1. The first-order valence-electron chi connectivity index (χ1n) is 8.57. The minimum absolute atomic E-state index is 0.0443. The van der Waals surface area contributed by atoms with E-state index in [1.165, 1.54) is 0 Å². The van der Waals surface area contributed by atoms with Gasteiger partial charge in [-0.2, -0.15) is 0 Å². The number of nitrogens with zero attached hydrogens (tertiary/aromatic N) is 3. The third kappa shape index (κ3) is 3.76. The van der Waals surface area contributed by atoms with Gasteiger partial charge in [0.05, 0.1) is 12.6 Å². The number of aromatic hydroxyl groups is 1. The largest absolute Gasteiger partial charge is 0.497 e. The molecule has 27 heavy (non-hydrogen) atoms. The van der Waals surface area contributed by atoms with E-state index in [-0.39, 0.29) is 18.2 Å². The van der Waals surface area contributed by atoms with Crippen molar-refractivity contribution in [1.29, 1.82) is 0 Å². The van der Waals surface area contributed by atoms with E-state index < -0.39 is 5.91 Å². The second kappa shape index (κ2) is 7.90. The molecular formula is C20H21N3O4. The van der Waals surface area contributed by atoms with Gasteiger partial charge in [0.15, 0.2) is 12.3 Å². The van der Waals surface area contributed by atoms with Gasteiger partial charge in [0.25, 0.3) is 0 Å². The molecule has 7 nitrogen and oxygen atoms in total. The Morgan fingerprint density at radius 3 is 2.70 bits per heavy atom. The van der Waals surface area contributed by atoms with Crippen LogP contribution in [0.5, 0.6) is 17.4 Å². The van der Waals surface area contributed by atoms with Gasteiger partial charge < -0.3 is 19.1 Å². The summed E-state index contributed by atoms with van der Waals surface area (Å²) in [6.07, 6.45) is 0. The number of rotatable bonds is 6. The Morgan fingerprint density at radius 1 is 1.22 bits per heavy atom. The molecule has 0 saturated carbocycles. The first-order chi connectivity index (χ1) is 13.0. The predicted octanol–water partition coefficient (Wildman–Crippen LogP) is 4.37. The zero-order valence-corrected chi connectivity index (χ0v) is 15.5. The molecule has 0 bridgehead atoms. The number of ether oxygens (including phenoxy) is 2. The first kappa shape index (κ1) is 18.4. The zero-order chi connectivity index (χ0) is 19.4. The molecule has 140 valence electrons. The average Bonchev–Trinajstić information content (AvgIpc) is 2.95. The Hall–Kier alpha value is -3.35. The molecule has 1 N–H and O–H groups in total. The van der Waals surface area contributed by atoms with Crippen LogP contribution in [0.2, 0.25) is 0 Å². The second-order valence-electron chi connectivity index (χ2n) is 5.95. The van der Waals surface area contributed by atoms with Gasteiger partial charge in [-0.3, -0.25) is 4.79 Å². The normalized spacial score (nSPS) is 11.2. The van der Waals surface area contributed by atoms with E-state index >= 15 is 0 Å². The predicted molar refractivity (Wildman–Crippen MR) is 102 cm³/mol. The summed E-state index contributed by atoms with van der Waals surface area (Å²) < 4.78 is 12.4. The number of benzene rings is 2. The number of aromatic nitrogens is 1. The fourth-order valence-electron chi connectivity index (χ4n) is 2.84. The standard InChI is InChI=1S/C20H21N3O4/c1-4-23-16-10-9-14(26-3)11-15(16)19(20(23)25)22-21-18(24)12-27-17-8-6-5-7-13(17)2/h5-11,25H,4,12H2,1-3H3. The molecule has 0 radical (unpaired) electrons. The summed E-state index contributed by atoms with van der Waals surface area (Å²) in [5.74, 6) is 0.660. The van der Waals surface area contributed by atoms with Crippen molar-refractivity contribution in [1.82, 2.24) is 4.57 Å². The van der Waals surface area contributed by atoms with Gasteiger partial charge in [-0.25, -0.2) is 0 Å². The number of carbonyl (C=O) groups is 1. The summed E-state index contributed by atoms with van der Waals surface area (Å²) in [5.41, 5.74) is 1.95. The van der Waals surface area contributed by atoms with Crippen LogP contribution in [-0.2, 0) is 11.3 Å². The first-order valence-corrected chi connectivity index (χ1v) is 8.57. The smallest absolute Gasteiger partial charge is 0.302 e. The molecule has 1 heterocycles. The van der Waals surface area contributed by atoms with Crippen molar-refractivity contribution >= 4 is 22.5 Å². The fourth-order valence-corrected chi connectivity index (χ4v) is 2.84. The summed E-state index contributed by atoms with van der Waals surface area (Å²) in [6, 6.07) is 12.8. The summed E-state index contributed by atoms with van der Waals surface area (Å²) in [4.78, 5) is 12.0. The van der Waals surface area contributed by atoms with E-state index in [2.05, 4.69) is 10.2 Å². The average molecular weight is 367 g/mol. The maximum absolute atomic E-state index is 12.0. The quantitative estimate of drug-likeness (QED) is 0.656. The van der Waals surface area contributed by atoms with Crippen molar-refractivity contribution in [2.24, 2.45) is 10.2 Å². The Morgan fingerprint density at radius 2 is 2.00 bits per heavy atom. The van der Waals surface area contributed by atoms with E-state index in [9.17, 15) is 9.90 Å². The van der Waals surface area contributed by atoms with Gasteiger partial charge in [-0.15, -0.1) is 10.2 Å². The van der Waals surface area contributed by atoms with Crippen LogP contribution in [-0.4, -0.2) is 29.3 Å². The van der Waals surface area contributed by atoms with E-state index in [4.69, 9.17) is 9.47 Å². The molecule has 0 saturated heterocycles. The van der Waals surface area contributed by atoms with Gasteiger partial charge in [-0.05, 0) is 43.7 Å². The third-order valence-corrected chi connectivity index (χ3v) is 4.24. The minimum atomic E-state index is -0.544. The van der Waals surface area contributed by atoms with Gasteiger partial charge in [-0.1, -0.05) is 18.2 Å². The Bertz CT molecular complexity index is 1010. The van der Waals surface area contributed by atoms with Gasteiger partial charge in [0, 0.05) is 11.9 Å². The molecular weight excluding hydrogens is 346 g/mol. The summed E-state index contributed by atoms with van der Waals surface area (Å²) >= 11 is 0. The molecule has 0 aliphatic rings. The van der Waals surface area contributed by atoms with Crippen LogP contribution in [0.25, 0.3) is 10.9 Å². The Kier molecular flexibility index (Phi) is 5.40. The highest BCUT2D eigenvalue weighted by Crippen LogP contribution is 2.40. The topological polar surface area (TPSA) is 85.4 Å². The lowest BCUT2D eigenvalue weighted by molar-refractivity contribution is -0.120. The second-order valence-corrected chi connectivity index (χ2v) is 5.95. The van der Waals surface area contributed by atoms with Crippen molar-refractivity contribution < 1.29 is 19.4 Å². The molecule has 1 amide bonds. The third-order valence-electron chi connectivity index (χ3n) is 4.24. The number of fused-ring (bicyclic) bond motifs is 1. The van der Waals surface area contributed by atoms with Crippen molar-refractivity contribution in [3.8, 4) is 17.4 Å². The highest BCUT2D eigenvalue weighted by Gasteiger charge is 2.17. The number of hydrogen-bond acceptors (Lipinski definition) is 5. The van der Waals surface area contributed by atoms with Gasteiger partial charge in [0.2, 0.25) is 5.88 Å². The van der Waals surface area contributed by atoms with Crippen LogP contribution >= 0.6 is 0 Å². The number of aryl methyl sites for hydroxylation is 2. The highest BCUT2D eigenvalue weighted by molar-refractivity contribution is 5.96. The SMILES string of the molecule is CCn1c(O)c(N=NC(=O)COc2ccccc2C)c2cc(OC)ccc21. The van der Waals surface area contributed by atoms with Crippen LogP contribution in [0, 0.1) is 6.92 Å². The van der Waals surface area contributed by atoms with Crippen LogP contribution in [0.3, 0.4) is 0 Å². The van der Waals surface area contributed by atoms with Crippen LogP contribution < -0.4 is 9.47 Å². The van der Waals surface area contributed by atoms with Gasteiger partial charge in [0.1, 0.15) is 11.5 Å². The number of hydrogen-bond donors (Lipinski definition) is 1. The lowest BCUT2D eigenvalue weighted by atomic mass is 10.2. The number of methoxy groups -OCH3 is 1. The van der Waals surface area contributed by atoms with Crippen LogP contribution in [0.1, 0.15) is 12.5 Å². The monoisotopic (exact) mass is 367 g/mol. The molecule has 0 unspecified atom stereocenters. The zero-order valence-electron chi connectivity index (χ0n) is 15.5. The molecule has 3 rings (SSSR count). The summed E-state index contributed by atoms with van der Waals surface area (Å²) in [6.45, 7) is 4.12. The van der Waals surface area contributed by atoms with E-state index in [0.717, 1.165) is 11.1 Å². The van der Waals surface area contributed by atoms with Crippen molar-refractivity contribution in [2.75, 3.05) is 13.7 Å². The lowest BCUT2D eigenvalue weighted by Gasteiger charge is -2.05. The number of azo groups is 1. The maximum Gasteiger partial charge on any atom is 0.302 e. The molecule has 0 aliphatic heterocycles. The van der Waals surface area contributed by atoms with Crippen molar-refractivity contribution in [3.05, 3.63) is 48.0 Å². The molecule has 7 heteroatoms. The summed E-state index contributed by atoms with van der Waals surface area (Å²) in [5, 5.41) is 18.8. The fraction of sp³-hybridized carbons (Fsp3) is 0.250. The van der Waals surface area contributed by atoms with Crippen molar-refractivity contribution in [2.45, 2.75) is 20.4 Å². The molecule has 0 fully saturated rings. The minimum Gasteiger partial charge on any atom is -0.497 e. The highest BCUT2D eigenvalue weighted by atomic mass is 16.5. The molecule has 2 aromatic carbocycles. The maximum atomic E-state index is 12.0. The summed E-state index contributed by atoms with van der Waals surface area (Å²) in [7, 11) is 1.56.